The van der Waals surface area contributed by atoms with Crippen LogP contribution in [0.4, 0.5) is 0 Å². The monoisotopic (exact) mass is 345 g/mol. The summed E-state index contributed by atoms with van der Waals surface area (Å²) < 4.78 is 3.45. The molecule has 0 aliphatic carbocycles. The van der Waals surface area contributed by atoms with E-state index in [4.69, 9.17) is 0 Å². The third-order valence-electron chi connectivity index (χ3n) is 5.15. The minimum Gasteiger partial charge on any atom is -0.344 e. The number of likely N-dealkylation sites (N-methyl/N-ethyl adjacent to an activating group) is 1. The van der Waals surface area contributed by atoms with E-state index < -0.39 is 0 Å². The molecule has 0 bridgehead atoms. The van der Waals surface area contributed by atoms with E-state index in [9.17, 15) is 4.79 Å². The molecule has 0 spiro atoms. The molecule has 1 fully saturated rings. The first-order valence-electron chi connectivity index (χ1n) is 8.75. The van der Waals surface area contributed by atoms with Gasteiger partial charge in [0.2, 0.25) is 5.91 Å². The molecule has 0 radical (unpaired) electrons. The largest absolute Gasteiger partial charge is 0.344 e. The van der Waals surface area contributed by atoms with Gasteiger partial charge in [0, 0.05) is 38.4 Å². The molecule has 0 unspecified atom stereocenters. The van der Waals surface area contributed by atoms with Crippen LogP contribution in [0.2, 0.25) is 0 Å². The van der Waals surface area contributed by atoms with Crippen molar-refractivity contribution in [1.82, 2.24) is 34.3 Å². The molecule has 2 aromatic rings. The molecule has 0 saturated carbocycles. The Balaban J connectivity index is 1.71. The van der Waals surface area contributed by atoms with Gasteiger partial charge in [-0.15, -0.1) is 0 Å². The lowest BCUT2D eigenvalue weighted by Gasteiger charge is -2.40. The van der Waals surface area contributed by atoms with Crippen molar-refractivity contribution in [3.05, 3.63) is 30.6 Å². The topological polar surface area (TPSA) is 72.1 Å². The van der Waals surface area contributed by atoms with Crippen molar-refractivity contribution < 1.29 is 4.79 Å². The number of nitrogens with zero attached hydrogens (tertiary/aromatic N) is 7. The van der Waals surface area contributed by atoms with Gasteiger partial charge in [-0.3, -0.25) is 14.4 Å². The van der Waals surface area contributed by atoms with E-state index in [0.717, 1.165) is 25.9 Å². The van der Waals surface area contributed by atoms with E-state index in [1.54, 1.807) is 11.0 Å². The molecule has 8 nitrogen and oxygen atoms in total. The SMILES string of the molecule is C[C@@H](C(=O)N(C)C[C@@H]1CCCN(C)[C@H]1c1cnn(C)c1)n1cncn1. The standard InChI is InChI=1S/C17H27N7O/c1-13(24-12-18-11-20-24)17(25)22(3)9-14-6-5-7-21(2)16(14)15-8-19-23(4)10-15/h8,10-14,16H,5-7,9H2,1-4H3/t13-,14-,16+/m0/s1. The van der Waals surface area contributed by atoms with Crippen molar-refractivity contribution in [1.29, 1.82) is 0 Å². The van der Waals surface area contributed by atoms with Crippen LogP contribution in [-0.2, 0) is 11.8 Å². The Kier molecular flexibility index (Phi) is 5.17. The summed E-state index contributed by atoms with van der Waals surface area (Å²) in [5, 5.41) is 8.41. The minimum atomic E-state index is -0.342. The lowest BCUT2D eigenvalue weighted by Crippen LogP contribution is -2.43. The van der Waals surface area contributed by atoms with Crippen LogP contribution in [-0.4, -0.2) is 67.4 Å². The number of rotatable bonds is 5. The van der Waals surface area contributed by atoms with Crippen molar-refractivity contribution in [2.24, 2.45) is 13.0 Å². The Bertz CT molecular complexity index is 696. The van der Waals surface area contributed by atoms with Gasteiger partial charge in [0.05, 0.1) is 6.20 Å². The van der Waals surface area contributed by atoms with Crippen LogP contribution in [0.25, 0.3) is 0 Å². The van der Waals surface area contributed by atoms with Crippen molar-refractivity contribution in [2.75, 3.05) is 27.2 Å². The third-order valence-corrected chi connectivity index (χ3v) is 5.15. The molecule has 25 heavy (non-hydrogen) atoms. The molecule has 0 N–H and O–H groups in total. The van der Waals surface area contributed by atoms with Crippen LogP contribution in [0.15, 0.2) is 25.0 Å². The summed E-state index contributed by atoms with van der Waals surface area (Å²) in [6.07, 6.45) is 9.33. The summed E-state index contributed by atoms with van der Waals surface area (Å²) in [5.74, 6) is 0.448. The van der Waals surface area contributed by atoms with E-state index in [-0.39, 0.29) is 11.9 Å². The second-order valence-electron chi connectivity index (χ2n) is 7.05. The number of aromatic nitrogens is 5. The fourth-order valence-electron chi connectivity index (χ4n) is 3.86. The number of likely N-dealkylation sites (tertiary alicyclic amines) is 1. The number of amides is 1. The van der Waals surface area contributed by atoms with E-state index in [1.165, 1.54) is 11.9 Å². The highest BCUT2D eigenvalue weighted by Gasteiger charge is 2.33. The van der Waals surface area contributed by atoms with Crippen LogP contribution in [0, 0.1) is 5.92 Å². The highest BCUT2D eigenvalue weighted by Crippen LogP contribution is 2.35. The van der Waals surface area contributed by atoms with E-state index >= 15 is 0 Å². The number of piperidine rings is 1. The first-order chi connectivity index (χ1) is 12.0. The first kappa shape index (κ1) is 17.6. The van der Waals surface area contributed by atoms with Gasteiger partial charge < -0.3 is 4.90 Å². The molecule has 2 aromatic heterocycles. The van der Waals surface area contributed by atoms with E-state index in [1.807, 2.05) is 36.8 Å². The molecule has 1 amide bonds. The van der Waals surface area contributed by atoms with Crippen LogP contribution in [0.1, 0.15) is 37.4 Å². The quantitative estimate of drug-likeness (QED) is 0.812. The average molecular weight is 345 g/mol. The highest BCUT2D eigenvalue weighted by atomic mass is 16.2. The molecule has 3 heterocycles. The van der Waals surface area contributed by atoms with Crippen LogP contribution < -0.4 is 0 Å². The maximum Gasteiger partial charge on any atom is 0.246 e. The summed E-state index contributed by atoms with van der Waals surface area (Å²) in [6.45, 7) is 3.66. The van der Waals surface area contributed by atoms with Gasteiger partial charge in [-0.05, 0) is 39.3 Å². The fraction of sp³-hybridized carbons (Fsp3) is 0.647. The maximum absolute atomic E-state index is 12.8. The Hall–Kier alpha value is -2.22. The number of carbonyl (C=O) groups excluding carboxylic acids is 1. The molecular formula is C17H27N7O. The maximum atomic E-state index is 12.8. The third kappa shape index (κ3) is 3.73. The predicted octanol–water partition coefficient (Wildman–Crippen LogP) is 1.11. The normalized spacial score (nSPS) is 22.7. The Morgan fingerprint density at radius 1 is 1.40 bits per heavy atom. The number of carbonyl (C=O) groups is 1. The predicted molar refractivity (Wildman–Crippen MR) is 93.7 cm³/mol. The molecule has 3 atom stereocenters. The van der Waals surface area contributed by atoms with Gasteiger partial charge in [-0.1, -0.05) is 0 Å². The van der Waals surface area contributed by atoms with Gasteiger partial charge in [0.25, 0.3) is 0 Å². The van der Waals surface area contributed by atoms with E-state index in [2.05, 4.69) is 33.3 Å². The van der Waals surface area contributed by atoms with Crippen LogP contribution in [0.5, 0.6) is 0 Å². The number of aryl methyl sites for hydroxylation is 1. The van der Waals surface area contributed by atoms with Gasteiger partial charge in [0.15, 0.2) is 0 Å². The molecule has 1 saturated heterocycles. The molecule has 0 aromatic carbocycles. The zero-order valence-corrected chi connectivity index (χ0v) is 15.4. The van der Waals surface area contributed by atoms with E-state index in [0.29, 0.717) is 12.0 Å². The lowest BCUT2D eigenvalue weighted by molar-refractivity contribution is -0.134. The lowest BCUT2D eigenvalue weighted by atomic mass is 9.85. The Morgan fingerprint density at radius 3 is 2.84 bits per heavy atom. The summed E-state index contributed by atoms with van der Waals surface area (Å²) in [4.78, 5) is 20.9. The smallest absolute Gasteiger partial charge is 0.246 e. The Labute approximate surface area is 148 Å². The van der Waals surface area contributed by atoms with Crippen molar-refractivity contribution in [3.8, 4) is 0 Å². The summed E-state index contributed by atoms with van der Waals surface area (Å²) >= 11 is 0. The van der Waals surface area contributed by atoms with Gasteiger partial charge in [0.1, 0.15) is 18.7 Å². The second-order valence-corrected chi connectivity index (χ2v) is 7.05. The average Bonchev–Trinajstić information content (AvgIpc) is 3.25. The molecule has 1 aliphatic heterocycles. The van der Waals surface area contributed by atoms with Gasteiger partial charge in [-0.2, -0.15) is 10.2 Å². The van der Waals surface area contributed by atoms with Crippen molar-refractivity contribution >= 4 is 5.91 Å². The minimum absolute atomic E-state index is 0.0589. The summed E-state index contributed by atoms with van der Waals surface area (Å²) in [7, 11) is 5.98. The first-order valence-corrected chi connectivity index (χ1v) is 8.75. The zero-order valence-electron chi connectivity index (χ0n) is 15.4. The highest BCUT2D eigenvalue weighted by molar-refractivity contribution is 5.79. The molecule has 3 rings (SSSR count). The van der Waals surface area contributed by atoms with Gasteiger partial charge >= 0.3 is 0 Å². The van der Waals surface area contributed by atoms with Crippen molar-refractivity contribution in [3.63, 3.8) is 0 Å². The zero-order chi connectivity index (χ0) is 18.0. The van der Waals surface area contributed by atoms with Crippen LogP contribution >= 0.6 is 0 Å². The second kappa shape index (κ2) is 7.35. The summed E-state index contributed by atoms with van der Waals surface area (Å²) in [6, 6.07) is -0.0509. The van der Waals surface area contributed by atoms with Crippen molar-refractivity contribution in [2.45, 2.75) is 31.8 Å². The molecular weight excluding hydrogens is 318 g/mol. The van der Waals surface area contributed by atoms with Crippen LogP contribution in [0.3, 0.4) is 0 Å². The summed E-state index contributed by atoms with van der Waals surface area (Å²) in [5.41, 5.74) is 1.22. The Morgan fingerprint density at radius 2 is 2.20 bits per heavy atom. The van der Waals surface area contributed by atoms with Gasteiger partial charge in [-0.25, -0.2) is 9.67 Å². The molecule has 1 aliphatic rings. The fourth-order valence-corrected chi connectivity index (χ4v) is 3.86. The number of hydrogen-bond donors (Lipinski definition) is 0. The molecule has 8 heteroatoms. The molecule has 136 valence electrons. The number of hydrogen-bond acceptors (Lipinski definition) is 5.